The van der Waals surface area contributed by atoms with Gasteiger partial charge in [-0.1, -0.05) is 32.8 Å². The Morgan fingerprint density at radius 3 is 1.88 bits per heavy atom. The van der Waals surface area contributed by atoms with Gasteiger partial charge in [0.15, 0.2) is 11.5 Å². The number of benzene rings is 1. The van der Waals surface area contributed by atoms with Gasteiger partial charge in [-0.05, 0) is 86.7 Å². The van der Waals surface area contributed by atoms with E-state index in [2.05, 4.69) is 13.8 Å². The number of aromatic hydroxyl groups is 2. The van der Waals surface area contributed by atoms with Gasteiger partial charge in [-0.15, -0.1) is 0 Å². The van der Waals surface area contributed by atoms with Crippen LogP contribution in [-0.2, 0) is 12.8 Å². The van der Waals surface area contributed by atoms with E-state index in [1.165, 1.54) is 63.4 Å². The Kier molecular flexibility index (Phi) is 5.13. The van der Waals surface area contributed by atoms with Crippen molar-refractivity contribution in [2.24, 2.45) is 10.8 Å². The average Bonchev–Trinajstić information content (AvgIpc) is 3.46. The van der Waals surface area contributed by atoms with Crippen LogP contribution in [0.5, 0.6) is 11.5 Å². The van der Waals surface area contributed by atoms with Gasteiger partial charge in [-0.3, -0.25) is 0 Å². The van der Waals surface area contributed by atoms with Crippen molar-refractivity contribution in [3.05, 3.63) is 23.3 Å². The van der Waals surface area contributed by atoms with Gasteiger partial charge >= 0.3 is 0 Å². The molecule has 2 saturated carbocycles. The first-order chi connectivity index (χ1) is 11.4. The van der Waals surface area contributed by atoms with Gasteiger partial charge in [0.25, 0.3) is 0 Å². The van der Waals surface area contributed by atoms with Crippen molar-refractivity contribution in [3.63, 3.8) is 0 Å². The number of hydrogen-bond donors (Lipinski definition) is 2. The molecule has 1 aromatic rings. The van der Waals surface area contributed by atoms with Crippen molar-refractivity contribution in [1.29, 1.82) is 0 Å². The molecule has 0 unspecified atom stereocenters. The number of hydrogen-bond acceptors (Lipinski definition) is 2. The van der Waals surface area contributed by atoms with Gasteiger partial charge in [0, 0.05) is 5.56 Å². The van der Waals surface area contributed by atoms with E-state index >= 15 is 0 Å². The molecule has 2 N–H and O–H groups in total. The number of unbranched alkanes of at least 4 members (excludes halogenated alkanes) is 2. The molecule has 0 aromatic heterocycles. The quantitative estimate of drug-likeness (QED) is 0.400. The van der Waals surface area contributed by atoms with Crippen LogP contribution in [0.2, 0.25) is 0 Å². The van der Waals surface area contributed by atoms with Crippen LogP contribution in [0, 0.1) is 10.8 Å². The zero-order chi connectivity index (χ0) is 17.2. The van der Waals surface area contributed by atoms with E-state index in [1.54, 1.807) is 6.07 Å². The molecule has 0 heterocycles. The lowest BCUT2D eigenvalue weighted by molar-refractivity contribution is 0.396. The summed E-state index contributed by atoms with van der Waals surface area (Å²) in [4.78, 5) is 0. The summed E-state index contributed by atoms with van der Waals surface area (Å²) < 4.78 is 0. The number of rotatable bonds is 10. The minimum atomic E-state index is 0.0356. The Hall–Kier alpha value is -1.18. The van der Waals surface area contributed by atoms with E-state index in [1.807, 2.05) is 6.07 Å². The highest BCUT2D eigenvalue weighted by Gasteiger charge is 2.36. The highest BCUT2D eigenvalue weighted by Crippen LogP contribution is 2.50. The summed E-state index contributed by atoms with van der Waals surface area (Å²) in [7, 11) is 0. The highest BCUT2D eigenvalue weighted by molar-refractivity contribution is 5.49. The van der Waals surface area contributed by atoms with Gasteiger partial charge < -0.3 is 10.2 Å². The number of aryl methyl sites for hydroxylation is 1. The Balaban J connectivity index is 1.50. The fourth-order valence-electron chi connectivity index (χ4n) is 3.83. The molecule has 0 aliphatic heterocycles. The average molecular weight is 331 g/mol. The lowest BCUT2D eigenvalue weighted by Crippen LogP contribution is -1.99. The normalized spacial score (nSPS) is 20.1. The lowest BCUT2D eigenvalue weighted by atomic mass is 9.93. The second-order valence-electron chi connectivity index (χ2n) is 9.11. The van der Waals surface area contributed by atoms with E-state index in [4.69, 9.17) is 0 Å². The Morgan fingerprint density at radius 2 is 1.33 bits per heavy atom. The molecule has 0 bridgehead atoms. The molecule has 2 fully saturated rings. The maximum absolute atomic E-state index is 10.3. The predicted molar refractivity (Wildman–Crippen MR) is 99.6 cm³/mol. The molecule has 2 heteroatoms. The Morgan fingerprint density at radius 1 is 0.792 bits per heavy atom. The molecule has 0 amide bonds. The van der Waals surface area contributed by atoms with Gasteiger partial charge in [0.05, 0.1) is 0 Å². The predicted octanol–water partition coefficient (Wildman–Crippen LogP) is 6.12. The second-order valence-corrected chi connectivity index (χ2v) is 9.11. The molecule has 0 spiro atoms. The molecule has 0 atom stereocenters. The molecule has 0 radical (unpaired) electrons. The summed E-state index contributed by atoms with van der Waals surface area (Å²) in [6.07, 6.45) is 14.9. The van der Waals surface area contributed by atoms with E-state index in [-0.39, 0.29) is 11.5 Å². The van der Waals surface area contributed by atoms with E-state index in [0.29, 0.717) is 10.8 Å². The van der Waals surface area contributed by atoms with Crippen LogP contribution in [0.25, 0.3) is 0 Å². The Labute approximate surface area is 147 Å². The van der Waals surface area contributed by atoms with Gasteiger partial charge in [-0.2, -0.15) is 0 Å². The third-order valence-electron chi connectivity index (χ3n) is 6.50. The highest BCUT2D eigenvalue weighted by atomic mass is 16.3. The van der Waals surface area contributed by atoms with E-state index in [9.17, 15) is 10.2 Å². The summed E-state index contributed by atoms with van der Waals surface area (Å²) >= 11 is 0. The maximum atomic E-state index is 10.3. The SMILES string of the molecule is CC1(CCCCc2ccc(O)c(O)c2CCCCC2(C)CC2)CC1. The second kappa shape index (κ2) is 6.98. The molecule has 1 aromatic carbocycles. The van der Waals surface area contributed by atoms with Crippen LogP contribution >= 0.6 is 0 Å². The summed E-state index contributed by atoms with van der Waals surface area (Å²) in [6.45, 7) is 4.77. The summed E-state index contributed by atoms with van der Waals surface area (Å²) in [5.41, 5.74) is 3.49. The van der Waals surface area contributed by atoms with Crippen molar-refractivity contribution in [3.8, 4) is 11.5 Å². The fourth-order valence-corrected chi connectivity index (χ4v) is 3.83. The zero-order valence-corrected chi connectivity index (χ0v) is 15.5. The van der Waals surface area contributed by atoms with Crippen LogP contribution in [-0.4, -0.2) is 10.2 Å². The van der Waals surface area contributed by atoms with Crippen LogP contribution < -0.4 is 0 Å². The minimum Gasteiger partial charge on any atom is -0.504 e. The van der Waals surface area contributed by atoms with Crippen LogP contribution in [0.15, 0.2) is 12.1 Å². The molecule has 24 heavy (non-hydrogen) atoms. The minimum absolute atomic E-state index is 0.0356. The topological polar surface area (TPSA) is 40.5 Å². The van der Waals surface area contributed by atoms with Gasteiger partial charge in [-0.25, -0.2) is 0 Å². The number of phenolic OH excluding ortho intramolecular Hbond substituents is 2. The third-order valence-corrected chi connectivity index (χ3v) is 6.50. The van der Waals surface area contributed by atoms with Crippen LogP contribution in [0.4, 0.5) is 0 Å². The first kappa shape index (κ1) is 17.6. The smallest absolute Gasteiger partial charge is 0.160 e. The molecule has 3 rings (SSSR count). The summed E-state index contributed by atoms with van der Waals surface area (Å²) in [6, 6.07) is 3.67. The first-order valence-electron chi connectivity index (χ1n) is 9.94. The monoisotopic (exact) mass is 330 g/mol. The lowest BCUT2D eigenvalue weighted by Gasteiger charge is -2.14. The zero-order valence-electron chi connectivity index (χ0n) is 15.5. The van der Waals surface area contributed by atoms with Crippen molar-refractivity contribution >= 4 is 0 Å². The molecular weight excluding hydrogens is 296 g/mol. The maximum Gasteiger partial charge on any atom is 0.160 e. The molecular formula is C22H34O2. The molecule has 2 nitrogen and oxygen atoms in total. The number of phenols is 2. The largest absolute Gasteiger partial charge is 0.504 e. The molecule has 2 aliphatic carbocycles. The Bertz CT molecular complexity index is 568. The van der Waals surface area contributed by atoms with Crippen molar-refractivity contribution in [2.45, 2.75) is 90.9 Å². The van der Waals surface area contributed by atoms with Crippen LogP contribution in [0.3, 0.4) is 0 Å². The van der Waals surface area contributed by atoms with Gasteiger partial charge in [0.2, 0.25) is 0 Å². The van der Waals surface area contributed by atoms with Crippen molar-refractivity contribution < 1.29 is 10.2 Å². The van der Waals surface area contributed by atoms with Crippen molar-refractivity contribution in [1.82, 2.24) is 0 Å². The third kappa shape index (κ3) is 4.68. The first-order valence-corrected chi connectivity index (χ1v) is 9.94. The molecule has 2 aliphatic rings. The van der Waals surface area contributed by atoms with Crippen molar-refractivity contribution in [2.75, 3.05) is 0 Å². The van der Waals surface area contributed by atoms with Gasteiger partial charge in [0.1, 0.15) is 0 Å². The summed E-state index contributed by atoms with van der Waals surface area (Å²) in [5, 5.41) is 20.2. The molecule has 0 saturated heterocycles. The summed E-state index contributed by atoms with van der Waals surface area (Å²) in [5.74, 6) is 0.160. The van der Waals surface area contributed by atoms with Crippen LogP contribution in [0.1, 0.15) is 89.2 Å². The van der Waals surface area contributed by atoms with E-state index in [0.717, 1.165) is 24.8 Å². The van der Waals surface area contributed by atoms with E-state index < -0.39 is 0 Å². The standard InChI is InChI=1S/C22H34O2/c1-21(13-14-21)11-5-3-7-17-9-10-19(23)20(24)18(17)8-4-6-12-22(2)15-16-22/h9-10,23-24H,3-8,11-16H2,1-2H3. The molecule has 134 valence electrons. The fraction of sp³-hybridized carbons (Fsp3) is 0.727.